The molecule has 0 aliphatic carbocycles. The quantitative estimate of drug-likeness (QED) is 0.835. The number of aromatic nitrogens is 1. The van der Waals surface area contributed by atoms with Crippen LogP contribution in [0.25, 0.3) is 0 Å². The highest BCUT2D eigenvalue weighted by molar-refractivity contribution is 5.10. The van der Waals surface area contributed by atoms with Crippen LogP contribution in [0.2, 0.25) is 0 Å². The molecule has 2 unspecified atom stereocenters. The molecule has 1 N–H and O–H groups in total. The van der Waals surface area contributed by atoms with Gasteiger partial charge in [-0.3, -0.25) is 4.98 Å². The first-order valence-electron chi connectivity index (χ1n) is 8.30. The van der Waals surface area contributed by atoms with Gasteiger partial charge in [0, 0.05) is 13.1 Å². The average Bonchev–Trinajstić information content (AvgIpc) is 2.52. The Bertz CT molecular complexity index is 407. The van der Waals surface area contributed by atoms with Crippen LogP contribution >= 0.6 is 0 Å². The first-order valence-corrected chi connectivity index (χ1v) is 8.30. The van der Waals surface area contributed by atoms with Gasteiger partial charge in [-0.1, -0.05) is 20.3 Å². The zero-order valence-electron chi connectivity index (χ0n) is 13.3. The Morgan fingerprint density at radius 2 is 2.29 bits per heavy atom. The lowest BCUT2D eigenvalue weighted by Crippen LogP contribution is -2.37. The average molecular weight is 293 g/mol. The highest BCUT2D eigenvalue weighted by Crippen LogP contribution is 2.21. The number of hydrogen-bond donors (Lipinski definition) is 1. The van der Waals surface area contributed by atoms with Gasteiger partial charge in [-0.05, 0) is 50.4 Å². The van der Waals surface area contributed by atoms with Gasteiger partial charge in [0.05, 0.1) is 17.9 Å². The zero-order chi connectivity index (χ0) is 15.1. The van der Waals surface area contributed by atoms with Crippen molar-refractivity contribution in [1.29, 1.82) is 0 Å². The monoisotopic (exact) mass is 293 g/mol. The number of likely N-dealkylation sites (tertiary alicyclic amines) is 1. The SMILES string of the molecule is CCNC(CCN1CCCC(CC)C1)c1ccc(F)cn1. The van der Waals surface area contributed by atoms with Gasteiger partial charge in [0.25, 0.3) is 0 Å². The van der Waals surface area contributed by atoms with E-state index in [-0.39, 0.29) is 11.9 Å². The molecule has 1 aliphatic rings. The lowest BCUT2D eigenvalue weighted by atomic mass is 9.95. The Balaban J connectivity index is 1.89. The molecule has 118 valence electrons. The highest BCUT2D eigenvalue weighted by atomic mass is 19.1. The van der Waals surface area contributed by atoms with E-state index in [1.807, 2.05) is 0 Å². The van der Waals surface area contributed by atoms with Crippen molar-refractivity contribution in [2.45, 2.75) is 45.6 Å². The minimum absolute atomic E-state index is 0.220. The summed E-state index contributed by atoms with van der Waals surface area (Å²) in [5.74, 6) is 0.594. The maximum atomic E-state index is 13.0. The topological polar surface area (TPSA) is 28.2 Å². The number of pyridine rings is 1. The number of hydrogen-bond acceptors (Lipinski definition) is 3. The van der Waals surface area contributed by atoms with Gasteiger partial charge >= 0.3 is 0 Å². The van der Waals surface area contributed by atoms with Gasteiger partial charge in [-0.25, -0.2) is 4.39 Å². The van der Waals surface area contributed by atoms with Crippen molar-refractivity contribution in [1.82, 2.24) is 15.2 Å². The molecule has 1 aliphatic heterocycles. The minimum Gasteiger partial charge on any atom is -0.309 e. The maximum absolute atomic E-state index is 13.0. The summed E-state index contributed by atoms with van der Waals surface area (Å²) in [5, 5.41) is 3.47. The lowest BCUT2D eigenvalue weighted by molar-refractivity contribution is 0.164. The van der Waals surface area contributed by atoms with Crippen molar-refractivity contribution in [2.75, 3.05) is 26.2 Å². The molecule has 0 amide bonds. The maximum Gasteiger partial charge on any atom is 0.141 e. The van der Waals surface area contributed by atoms with Crippen LogP contribution in [0.1, 0.15) is 51.3 Å². The molecule has 4 heteroatoms. The second-order valence-corrected chi connectivity index (χ2v) is 6.02. The summed E-state index contributed by atoms with van der Waals surface area (Å²) in [7, 11) is 0. The second-order valence-electron chi connectivity index (χ2n) is 6.02. The van der Waals surface area contributed by atoms with Crippen LogP contribution in [0.3, 0.4) is 0 Å². The summed E-state index contributed by atoms with van der Waals surface area (Å²) in [5.41, 5.74) is 0.947. The third-order valence-corrected chi connectivity index (χ3v) is 4.47. The van der Waals surface area contributed by atoms with Crippen LogP contribution in [0, 0.1) is 11.7 Å². The van der Waals surface area contributed by atoms with Crippen LogP contribution in [-0.2, 0) is 0 Å². The number of piperidine rings is 1. The first kappa shape index (κ1) is 16.4. The van der Waals surface area contributed by atoms with Crippen LogP contribution in [-0.4, -0.2) is 36.1 Å². The molecular formula is C17H28FN3. The summed E-state index contributed by atoms with van der Waals surface area (Å²) >= 11 is 0. The Labute approximate surface area is 127 Å². The Kier molecular flexibility index (Phi) is 6.58. The molecule has 0 spiro atoms. The fourth-order valence-electron chi connectivity index (χ4n) is 3.19. The Morgan fingerprint density at radius 1 is 1.43 bits per heavy atom. The van der Waals surface area contributed by atoms with Gasteiger partial charge < -0.3 is 10.2 Å². The summed E-state index contributed by atoms with van der Waals surface area (Å²) in [6.07, 6.45) is 6.32. The highest BCUT2D eigenvalue weighted by Gasteiger charge is 2.20. The van der Waals surface area contributed by atoms with E-state index in [2.05, 4.69) is 29.0 Å². The van der Waals surface area contributed by atoms with Gasteiger partial charge in [0.15, 0.2) is 0 Å². The third-order valence-electron chi connectivity index (χ3n) is 4.47. The molecule has 3 nitrogen and oxygen atoms in total. The molecule has 0 aromatic carbocycles. The largest absolute Gasteiger partial charge is 0.309 e. The number of nitrogens with zero attached hydrogens (tertiary/aromatic N) is 2. The molecule has 2 rings (SSSR count). The van der Waals surface area contributed by atoms with Crippen molar-refractivity contribution >= 4 is 0 Å². The minimum atomic E-state index is -0.268. The molecule has 1 fully saturated rings. The summed E-state index contributed by atoms with van der Waals surface area (Å²) in [6, 6.07) is 3.52. The van der Waals surface area contributed by atoms with E-state index in [1.165, 1.54) is 44.6 Å². The van der Waals surface area contributed by atoms with E-state index >= 15 is 0 Å². The summed E-state index contributed by atoms with van der Waals surface area (Å²) in [4.78, 5) is 6.81. The smallest absolute Gasteiger partial charge is 0.141 e. The van der Waals surface area contributed by atoms with Gasteiger partial charge in [-0.2, -0.15) is 0 Å². The van der Waals surface area contributed by atoms with Crippen LogP contribution < -0.4 is 5.32 Å². The van der Waals surface area contributed by atoms with Crippen LogP contribution in [0.15, 0.2) is 18.3 Å². The van der Waals surface area contributed by atoms with E-state index in [4.69, 9.17) is 0 Å². The fourth-order valence-corrected chi connectivity index (χ4v) is 3.19. The predicted octanol–water partition coefficient (Wildman–Crippen LogP) is 3.38. The Hall–Kier alpha value is -1.00. The zero-order valence-corrected chi connectivity index (χ0v) is 13.3. The molecule has 1 aromatic rings. The first-order chi connectivity index (χ1) is 10.2. The lowest BCUT2D eigenvalue weighted by Gasteiger charge is -2.33. The Morgan fingerprint density at radius 3 is 2.95 bits per heavy atom. The second kappa shape index (κ2) is 8.44. The predicted molar refractivity (Wildman–Crippen MR) is 84.7 cm³/mol. The molecule has 21 heavy (non-hydrogen) atoms. The molecule has 1 saturated heterocycles. The van der Waals surface area contributed by atoms with E-state index < -0.39 is 0 Å². The summed E-state index contributed by atoms with van der Waals surface area (Å²) in [6.45, 7) is 8.83. The molecule has 0 bridgehead atoms. The van der Waals surface area contributed by atoms with Gasteiger partial charge in [0.2, 0.25) is 0 Å². The molecule has 2 atom stereocenters. The van der Waals surface area contributed by atoms with Crippen LogP contribution in [0.4, 0.5) is 4.39 Å². The van der Waals surface area contributed by atoms with Gasteiger partial charge in [0.1, 0.15) is 5.82 Å². The molecule has 1 aromatic heterocycles. The van der Waals surface area contributed by atoms with Crippen molar-refractivity contribution in [3.05, 3.63) is 29.8 Å². The molecular weight excluding hydrogens is 265 g/mol. The molecule has 0 saturated carbocycles. The normalized spacial score (nSPS) is 21.4. The van der Waals surface area contributed by atoms with Gasteiger partial charge in [-0.15, -0.1) is 0 Å². The van der Waals surface area contributed by atoms with Crippen molar-refractivity contribution in [3.63, 3.8) is 0 Å². The van der Waals surface area contributed by atoms with Crippen LogP contribution in [0.5, 0.6) is 0 Å². The standard InChI is InChI=1S/C17H28FN3/c1-3-14-6-5-10-21(13-14)11-9-17(19-4-2)16-8-7-15(18)12-20-16/h7-8,12,14,17,19H,3-6,9-11,13H2,1-2H3. The fraction of sp³-hybridized carbons (Fsp3) is 0.706. The molecule has 2 heterocycles. The number of rotatable bonds is 7. The number of nitrogens with one attached hydrogen (secondary N) is 1. The van der Waals surface area contributed by atoms with E-state index in [0.717, 1.165) is 31.1 Å². The van der Waals surface area contributed by atoms with E-state index in [1.54, 1.807) is 6.07 Å². The van der Waals surface area contributed by atoms with Crippen molar-refractivity contribution in [2.24, 2.45) is 5.92 Å². The third kappa shape index (κ3) is 5.04. The van der Waals surface area contributed by atoms with Crippen molar-refractivity contribution in [3.8, 4) is 0 Å². The number of halogens is 1. The molecule has 0 radical (unpaired) electrons. The van der Waals surface area contributed by atoms with E-state index in [9.17, 15) is 4.39 Å². The van der Waals surface area contributed by atoms with Crippen molar-refractivity contribution < 1.29 is 4.39 Å². The van der Waals surface area contributed by atoms with E-state index in [0.29, 0.717) is 0 Å². The summed E-state index contributed by atoms with van der Waals surface area (Å²) < 4.78 is 13.0.